The molecule has 1 aliphatic carbocycles. The zero-order valence-corrected chi connectivity index (χ0v) is 24.6. The first kappa shape index (κ1) is 29.3. The second-order valence-electron chi connectivity index (χ2n) is 10.9. The predicted octanol–water partition coefficient (Wildman–Crippen LogP) is 6.68. The van der Waals surface area contributed by atoms with Crippen LogP contribution in [0.15, 0.2) is 73.1 Å². The molecule has 1 spiro atoms. The first-order chi connectivity index (χ1) is 21.2. The van der Waals surface area contributed by atoms with E-state index >= 15 is 0 Å². The summed E-state index contributed by atoms with van der Waals surface area (Å²) >= 11 is 6.51. The maximum atomic E-state index is 14.2. The highest BCUT2D eigenvalue weighted by molar-refractivity contribution is 6.32. The molecule has 0 unspecified atom stereocenters. The molecular formula is C32H30ClFN6O4. The van der Waals surface area contributed by atoms with Gasteiger partial charge in [0, 0.05) is 55.5 Å². The summed E-state index contributed by atoms with van der Waals surface area (Å²) in [4.78, 5) is 33.2. The third-order valence-electron chi connectivity index (χ3n) is 7.56. The minimum absolute atomic E-state index is 0.0526. The molecule has 4 aromatic rings. The summed E-state index contributed by atoms with van der Waals surface area (Å²) in [5, 5.41) is 12.4. The number of halogens is 2. The van der Waals surface area contributed by atoms with Crippen LogP contribution in [-0.4, -0.2) is 40.0 Å². The summed E-state index contributed by atoms with van der Waals surface area (Å²) in [6.45, 7) is 2.40. The lowest BCUT2D eigenvalue weighted by Gasteiger charge is -2.45. The van der Waals surface area contributed by atoms with E-state index < -0.39 is 11.7 Å². The average molecular weight is 617 g/mol. The monoisotopic (exact) mass is 616 g/mol. The van der Waals surface area contributed by atoms with E-state index in [1.54, 1.807) is 48.7 Å². The van der Waals surface area contributed by atoms with Crippen LogP contribution < -0.4 is 30.7 Å². The molecule has 12 heteroatoms. The summed E-state index contributed by atoms with van der Waals surface area (Å²) in [5.41, 5.74) is 1.32. The van der Waals surface area contributed by atoms with E-state index in [9.17, 15) is 14.0 Å². The number of pyridine rings is 2. The highest BCUT2D eigenvalue weighted by Gasteiger charge is 2.47. The highest BCUT2D eigenvalue weighted by Crippen LogP contribution is 2.42. The molecule has 0 atom stereocenters. The molecule has 1 saturated carbocycles. The number of hydrogen-bond acceptors (Lipinski definition) is 8. The normalized spacial score (nSPS) is 18.8. The van der Waals surface area contributed by atoms with E-state index in [0.29, 0.717) is 39.5 Å². The number of rotatable bonds is 9. The third-order valence-corrected chi connectivity index (χ3v) is 7.86. The van der Waals surface area contributed by atoms with Gasteiger partial charge >= 0.3 is 0 Å². The molecule has 2 amide bonds. The summed E-state index contributed by atoms with van der Waals surface area (Å²) in [6, 6.07) is 15.6. The van der Waals surface area contributed by atoms with E-state index in [1.807, 2.05) is 0 Å². The molecule has 1 saturated heterocycles. The number of nitrogens with zero attached hydrogens (tertiary/aromatic N) is 2. The van der Waals surface area contributed by atoms with Gasteiger partial charge in [-0.3, -0.25) is 9.59 Å². The van der Waals surface area contributed by atoms with Gasteiger partial charge in [-0.25, -0.2) is 14.4 Å². The molecule has 2 fully saturated rings. The fourth-order valence-corrected chi connectivity index (χ4v) is 5.73. The predicted molar refractivity (Wildman–Crippen MR) is 166 cm³/mol. The molecule has 44 heavy (non-hydrogen) atoms. The fraction of sp³-hybridized carbons (Fsp3) is 0.250. The molecule has 6 rings (SSSR count). The van der Waals surface area contributed by atoms with Crippen molar-refractivity contribution in [3.63, 3.8) is 0 Å². The van der Waals surface area contributed by atoms with Gasteiger partial charge in [0.05, 0.1) is 16.3 Å². The number of carbonyl (C=O) groups excluding carboxylic acids is 2. The Hall–Kier alpha value is -4.74. The van der Waals surface area contributed by atoms with Crippen molar-refractivity contribution in [2.24, 2.45) is 0 Å². The quantitative estimate of drug-likeness (QED) is 0.164. The summed E-state index contributed by atoms with van der Waals surface area (Å²) in [6.07, 6.45) is 6.97. The fourth-order valence-electron chi connectivity index (χ4n) is 5.52. The van der Waals surface area contributed by atoms with Crippen molar-refractivity contribution in [2.45, 2.75) is 44.2 Å². The van der Waals surface area contributed by atoms with Gasteiger partial charge in [0.25, 0.3) is 5.91 Å². The summed E-state index contributed by atoms with van der Waals surface area (Å²) in [7, 11) is 0. The van der Waals surface area contributed by atoms with E-state index in [2.05, 4.69) is 31.2 Å². The van der Waals surface area contributed by atoms with E-state index in [0.717, 1.165) is 32.2 Å². The molecule has 3 heterocycles. The Labute approximate surface area is 258 Å². The lowest BCUT2D eigenvalue weighted by Crippen LogP contribution is -2.55. The summed E-state index contributed by atoms with van der Waals surface area (Å²) in [5.74, 6) is 0.599. The number of hydrogen-bond donors (Lipinski definition) is 4. The van der Waals surface area contributed by atoms with Gasteiger partial charge in [-0.2, -0.15) is 0 Å². The smallest absolute Gasteiger partial charge is 0.259 e. The topological polar surface area (TPSA) is 126 Å². The number of anilines is 4. The highest BCUT2D eigenvalue weighted by atomic mass is 35.5. The van der Waals surface area contributed by atoms with Crippen LogP contribution in [0.1, 0.15) is 43.0 Å². The number of carbonyl (C=O) groups is 2. The van der Waals surface area contributed by atoms with Crippen LogP contribution in [0.4, 0.5) is 27.4 Å². The Bertz CT molecular complexity index is 1710. The van der Waals surface area contributed by atoms with Crippen LogP contribution in [0.3, 0.4) is 0 Å². The van der Waals surface area contributed by atoms with Crippen molar-refractivity contribution in [3.8, 4) is 17.2 Å². The van der Waals surface area contributed by atoms with E-state index in [1.165, 1.54) is 31.3 Å². The second kappa shape index (κ2) is 12.5. The summed E-state index contributed by atoms with van der Waals surface area (Å²) < 4.78 is 26.2. The van der Waals surface area contributed by atoms with Crippen molar-refractivity contribution >= 4 is 46.4 Å². The van der Waals surface area contributed by atoms with Crippen LogP contribution >= 0.6 is 11.6 Å². The van der Waals surface area contributed by atoms with Crippen LogP contribution in [0.25, 0.3) is 0 Å². The van der Waals surface area contributed by atoms with Gasteiger partial charge in [-0.15, -0.1) is 0 Å². The Morgan fingerprint density at radius 2 is 1.89 bits per heavy atom. The lowest BCUT2D eigenvalue weighted by atomic mass is 9.73. The molecule has 2 aliphatic rings. The van der Waals surface area contributed by atoms with Crippen molar-refractivity contribution in [3.05, 3.63) is 89.5 Å². The average Bonchev–Trinajstić information content (AvgIpc) is 3.46. The van der Waals surface area contributed by atoms with Crippen LogP contribution in [0, 0.1) is 5.82 Å². The van der Waals surface area contributed by atoms with Gasteiger partial charge in [0.1, 0.15) is 40.8 Å². The van der Waals surface area contributed by atoms with Gasteiger partial charge < -0.3 is 30.7 Å². The van der Waals surface area contributed by atoms with Crippen molar-refractivity contribution in [1.82, 2.24) is 15.3 Å². The van der Waals surface area contributed by atoms with Gasteiger partial charge in [0.2, 0.25) is 5.91 Å². The molecule has 226 valence electrons. The first-order valence-electron chi connectivity index (χ1n) is 14.2. The Morgan fingerprint density at radius 3 is 2.66 bits per heavy atom. The van der Waals surface area contributed by atoms with Crippen LogP contribution in [0.2, 0.25) is 5.02 Å². The molecule has 2 aromatic heterocycles. The zero-order chi connectivity index (χ0) is 30.7. The molecule has 2 aromatic carbocycles. The number of benzene rings is 2. The van der Waals surface area contributed by atoms with Crippen molar-refractivity contribution in [1.29, 1.82) is 0 Å². The molecular weight excluding hydrogens is 587 g/mol. The third kappa shape index (κ3) is 6.74. The first-order valence-corrected chi connectivity index (χ1v) is 14.6. The Balaban J connectivity index is 1.14. The molecule has 10 nitrogen and oxygen atoms in total. The largest absolute Gasteiger partial charge is 0.488 e. The maximum absolute atomic E-state index is 14.2. The standard InChI is InChI=1S/C32H30ClFN6O4/c1-19(41)38-29-16-22(9-13-35-29)43-27-8-6-21(15-25(27)33)39-30-24(4-2-11-36-30)31(42)40-26-7-5-20(34)14-28(26)44-23-17-32(18-23)10-3-12-37-32/h2,4-9,11,13-16,23,37H,3,10,12,17-18H2,1H3,(H,36,39)(H,40,42)(H,35,38,41). The molecule has 0 radical (unpaired) electrons. The zero-order valence-electron chi connectivity index (χ0n) is 23.8. The van der Waals surface area contributed by atoms with Crippen LogP contribution in [0.5, 0.6) is 17.2 Å². The number of aromatic nitrogens is 2. The number of ether oxygens (including phenoxy) is 2. The van der Waals surface area contributed by atoms with Gasteiger partial charge in [-0.1, -0.05) is 11.6 Å². The SMILES string of the molecule is CC(=O)Nc1cc(Oc2ccc(Nc3ncccc3C(=O)Nc3ccc(F)cc3OC3CC4(CCCN4)C3)cc2Cl)ccn1. The maximum Gasteiger partial charge on any atom is 0.259 e. The van der Waals surface area contributed by atoms with Gasteiger partial charge in [0.15, 0.2) is 0 Å². The Morgan fingerprint density at radius 1 is 1.02 bits per heavy atom. The van der Waals surface area contributed by atoms with Gasteiger partial charge in [-0.05, 0) is 67.9 Å². The number of nitrogens with one attached hydrogen (secondary N) is 4. The van der Waals surface area contributed by atoms with Crippen molar-refractivity contribution in [2.75, 3.05) is 22.5 Å². The molecule has 4 N–H and O–H groups in total. The minimum atomic E-state index is -0.448. The minimum Gasteiger partial charge on any atom is -0.488 e. The van der Waals surface area contributed by atoms with E-state index in [-0.39, 0.29) is 28.9 Å². The second-order valence-corrected chi connectivity index (χ2v) is 11.3. The van der Waals surface area contributed by atoms with Crippen LogP contribution in [-0.2, 0) is 4.79 Å². The van der Waals surface area contributed by atoms with Crippen molar-refractivity contribution < 1.29 is 23.5 Å². The molecule has 0 bridgehead atoms. The Kier molecular flexibility index (Phi) is 8.32. The number of amides is 2. The molecule has 1 aliphatic heterocycles. The van der Waals surface area contributed by atoms with E-state index in [4.69, 9.17) is 21.1 Å². The lowest BCUT2D eigenvalue weighted by molar-refractivity contribution is -0.114.